The van der Waals surface area contributed by atoms with Crippen molar-refractivity contribution in [3.8, 4) is 11.5 Å². The SMILES string of the molecule is NCC(C(=O)O)c1ccc2c(c1)OC(F)(F)C(F)(F)O2. The Morgan fingerprint density at radius 2 is 1.75 bits per heavy atom. The molecule has 0 fully saturated rings. The zero-order valence-electron chi connectivity index (χ0n) is 9.78. The van der Waals surface area contributed by atoms with Gasteiger partial charge < -0.3 is 20.3 Å². The second-order valence-electron chi connectivity index (χ2n) is 4.07. The monoisotopic (exact) mass is 295 g/mol. The molecule has 20 heavy (non-hydrogen) atoms. The standard InChI is InChI=1S/C11H9F4NO4/c12-10(13)11(14,15)20-8-3-5(1-2-7(8)19-10)6(4-16)9(17)18/h1-3,6H,4,16H2,(H,17,18). The predicted octanol–water partition coefficient (Wildman–Crippen LogP) is 1.77. The maximum atomic E-state index is 13.0. The van der Waals surface area contributed by atoms with Crippen LogP contribution >= 0.6 is 0 Å². The van der Waals surface area contributed by atoms with E-state index in [2.05, 4.69) is 9.47 Å². The van der Waals surface area contributed by atoms with Crippen LogP contribution in [0.5, 0.6) is 11.5 Å². The fraction of sp³-hybridized carbons (Fsp3) is 0.364. The Kier molecular flexibility index (Phi) is 3.24. The van der Waals surface area contributed by atoms with E-state index in [9.17, 15) is 22.4 Å². The number of aliphatic carboxylic acids is 1. The smallest absolute Gasteiger partial charge is 0.481 e. The first-order chi connectivity index (χ1) is 9.18. The van der Waals surface area contributed by atoms with Crippen LogP contribution in [0.25, 0.3) is 0 Å². The lowest BCUT2D eigenvalue weighted by atomic mass is 9.99. The lowest BCUT2D eigenvalue weighted by Crippen LogP contribution is -2.52. The highest BCUT2D eigenvalue weighted by Crippen LogP contribution is 2.47. The molecule has 1 atom stereocenters. The summed E-state index contributed by atoms with van der Waals surface area (Å²) in [4.78, 5) is 10.9. The van der Waals surface area contributed by atoms with Crippen molar-refractivity contribution >= 4 is 5.97 Å². The van der Waals surface area contributed by atoms with E-state index in [1.807, 2.05) is 0 Å². The minimum absolute atomic E-state index is 0.0448. The van der Waals surface area contributed by atoms with Gasteiger partial charge in [-0.2, -0.15) is 17.6 Å². The van der Waals surface area contributed by atoms with Gasteiger partial charge in [-0.3, -0.25) is 4.79 Å². The van der Waals surface area contributed by atoms with Crippen LogP contribution in [0.1, 0.15) is 11.5 Å². The summed E-state index contributed by atoms with van der Waals surface area (Å²) in [5.41, 5.74) is 5.30. The fourth-order valence-electron chi connectivity index (χ4n) is 1.68. The average Bonchev–Trinajstić information content (AvgIpc) is 2.30. The first-order valence-corrected chi connectivity index (χ1v) is 5.38. The van der Waals surface area contributed by atoms with E-state index in [-0.39, 0.29) is 12.1 Å². The van der Waals surface area contributed by atoms with E-state index < -0.39 is 35.6 Å². The molecule has 0 saturated heterocycles. The number of hydrogen-bond acceptors (Lipinski definition) is 4. The summed E-state index contributed by atoms with van der Waals surface area (Å²) < 4.78 is 59.6. The lowest BCUT2D eigenvalue weighted by Gasteiger charge is -2.32. The molecule has 0 amide bonds. The molecule has 1 aliphatic rings. The van der Waals surface area contributed by atoms with Crippen molar-refractivity contribution < 1.29 is 36.9 Å². The predicted molar refractivity (Wildman–Crippen MR) is 57.0 cm³/mol. The largest absolute Gasteiger partial charge is 0.507 e. The third kappa shape index (κ3) is 2.24. The van der Waals surface area contributed by atoms with E-state index >= 15 is 0 Å². The van der Waals surface area contributed by atoms with Gasteiger partial charge in [-0.1, -0.05) is 6.07 Å². The number of halogens is 4. The third-order valence-corrected chi connectivity index (χ3v) is 2.72. The van der Waals surface area contributed by atoms with Crippen molar-refractivity contribution in [3.05, 3.63) is 23.8 Å². The zero-order valence-corrected chi connectivity index (χ0v) is 9.78. The Morgan fingerprint density at radius 1 is 1.20 bits per heavy atom. The molecule has 0 aliphatic carbocycles. The Labute approximate surface area is 109 Å². The van der Waals surface area contributed by atoms with Crippen LogP contribution in [0.2, 0.25) is 0 Å². The summed E-state index contributed by atoms with van der Waals surface area (Å²) in [6.45, 7) is -0.290. The number of carboxylic acids is 1. The van der Waals surface area contributed by atoms with Gasteiger partial charge in [-0.05, 0) is 17.7 Å². The highest BCUT2D eigenvalue weighted by Gasteiger charge is 2.65. The van der Waals surface area contributed by atoms with E-state index in [4.69, 9.17) is 10.8 Å². The molecule has 9 heteroatoms. The van der Waals surface area contributed by atoms with E-state index in [0.29, 0.717) is 0 Å². The molecule has 1 unspecified atom stereocenters. The number of hydrogen-bond donors (Lipinski definition) is 2. The molecule has 2 rings (SSSR count). The van der Waals surface area contributed by atoms with Crippen LogP contribution in [0, 0.1) is 0 Å². The number of carbonyl (C=O) groups is 1. The summed E-state index contributed by atoms with van der Waals surface area (Å²) in [5, 5.41) is 8.90. The second kappa shape index (κ2) is 4.51. The molecule has 0 radical (unpaired) electrons. The van der Waals surface area contributed by atoms with Crippen LogP contribution in [0.4, 0.5) is 17.6 Å². The molecular formula is C11H9F4NO4. The molecule has 1 aliphatic heterocycles. The Bertz CT molecular complexity index is 549. The third-order valence-electron chi connectivity index (χ3n) is 2.72. The summed E-state index contributed by atoms with van der Waals surface area (Å²) in [6.07, 6.45) is -9.65. The molecule has 1 aromatic rings. The van der Waals surface area contributed by atoms with Crippen LogP contribution in [0.15, 0.2) is 18.2 Å². The van der Waals surface area contributed by atoms with Gasteiger partial charge in [-0.15, -0.1) is 0 Å². The van der Waals surface area contributed by atoms with Gasteiger partial charge in [-0.25, -0.2) is 0 Å². The summed E-state index contributed by atoms with van der Waals surface area (Å²) >= 11 is 0. The molecule has 0 saturated carbocycles. The Hall–Kier alpha value is -2.03. The summed E-state index contributed by atoms with van der Waals surface area (Å²) in [6, 6.07) is 2.97. The van der Waals surface area contributed by atoms with Gasteiger partial charge in [0.15, 0.2) is 11.5 Å². The van der Waals surface area contributed by atoms with Gasteiger partial charge in [0.25, 0.3) is 0 Å². The number of benzene rings is 1. The number of ether oxygens (including phenoxy) is 2. The summed E-state index contributed by atoms with van der Waals surface area (Å²) in [5.74, 6) is -3.72. The highest BCUT2D eigenvalue weighted by atomic mass is 19.3. The number of alkyl halides is 4. The first-order valence-electron chi connectivity index (χ1n) is 5.38. The van der Waals surface area contributed by atoms with Crippen molar-refractivity contribution in [1.82, 2.24) is 0 Å². The number of carboxylic acid groups (broad SMARTS) is 1. The summed E-state index contributed by atoms with van der Waals surface area (Å²) in [7, 11) is 0. The van der Waals surface area contributed by atoms with Crippen LogP contribution < -0.4 is 15.2 Å². The maximum Gasteiger partial charge on any atom is 0.507 e. The topological polar surface area (TPSA) is 81.8 Å². The fourth-order valence-corrected chi connectivity index (χ4v) is 1.68. The van der Waals surface area contributed by atoms with Gasteiger partial charge in [0.2, 0.25) is 0 Å². The van der Waals surface area contributed by atoms with Crippen LogP contribution in [-0.4, -0.2) is 29.8 Å². The molecule has 1 heterocycles. The number of fused-ring (bicyclic) bond motifs is 1. The minimum atomic E-state index is -4.85. The minimum Gasteiger partial charge on any atom is -0.481 e. The van der Waals surface area contributed by atoms with Gasteiger partial charge in [0, 0.05) is 6.54 Å². The van der Waals surface area contributed by atoms with Gasteiger partial charge in [0.05, 0.1) is 5.92 Å². The molecular weight excluding hydrogens is 286 g/mol. The van der Waals surface area contributed by atoms with Crippen molar-refractivity contribution in [3.63, 3.8) is 0 Å². The highest BCUT2D eigenvalue weighted by molar-refractivity contribution is 5.76. The quantitative estimate of drug-likeness (QED) is 0.831. The molecule has 3 N–H and O–H groups in total. The van der Waals surface area contributed by atoms with Crippen LogP contribution in [0.3, 0.4) is 0 Å². The lowest BCUT2D eigenvalue weighted by molar-refractivity contribution is -0.391. The molecule has 0 bridgehead atoms. The normalized spacial score (nSPS) is 20.2. The maximum absolute atomic E-state index is 13.0. The van der Waals surface area contributed by atoms with Crippen molar-refractivity contribution in [1.29, 1.82) is 0 Å². The van der Waals surface area contributed by atoms with E-state index in [0.717, 1.165) is 18.2 Å². The van der Waals surface area contributed by atoms with E-state index in [1.54, 1.807) is 0 Å². The number of rotatable bonds is 3. The van der Waals surface area contributed by atoms with Crippen LogP contribution in [-0.2, 0) is 4.79 Å². The molecule has 5 nitrogen and oxygen atoms in total. The first kappa shape index (κ1) is 14.4. The average molecular weight is 295 g/mol. The second-order valence-corrected chi connectivity index (χ2v) is 4.07. The zero-order chi connectivity index (χ0) is 15.1. The van der Waals surface area contributed by atoms with Gasteiger partial charge in [0.1, 0.15) is 0 Å². The van der Waals surface area contributed by atoms with E-state index in [1.165, 1.54) is 0 Å². The van der Waals surface area contributed by atoms with Crippen molar-refractivity contribution in [2.24, 2.45) is 5.73 Å². The molecule has 1 aromatic carbocycles. The molecule has 0 spiro atoms. The Morgan fingerprint density at radius 3 is 2.25 bits per heavy atom. The van der Waals surface area contributed by atoms with Crippen molar-refractivity contribution in [2.75, 3.05) is 6.54 Å². The number of nitrogens with two attached hydrogens (primary N) is 1. The van der Waals surface area contributed by atoms with Crippen molar-refractivity contribution in [2.45, 2.75) is 18.1 Å². The Balaban J connectivity index is 2.41. The molecule has 0 aromatic heterocycles. The molecule has 110 valence electrons. The van der Waals surface area contributed by atoms with Gasteiger partial charge >= 0.3 is 18.2 Å².